The van der Waals surface area contributed by atoms with E-state index in [4.69, 9.17) is 5.73 Å². The smallest absolute Gasteiger partial charge is 0.241 e. The Labute approximate surface area is 169 Å². The van der Waals surface area contributed by atoms with Crippen LogP contribution in [0.25, 0.3) is 0 Å². The summed E-state index contributed by atoms with van der Waals surface area (Å²) >= 11 is 0. The van der Waals surface area contributed by atoms with Gasteiger partial charge in [-0.3, -0.25) is 4.79 Å². The van der Waals surface area contributed by atoms with Gasteiger partial charge in [0, 0.05) is 44.2 Å². The van der Waals surface area contributed by atoms with Crippen molar-refractivity contribution < 1.29 is 4.79 Å². The van der Waals surface area contributed by atoms with Gasteiger partial charge in [0.25, 0.3) is 0 Å². The molecule has 2 atom stereocenters. The third-order valence-electron chi connectivity index (χ3n) is 7.20. The molecule has 0 aromatic heterocycles. The van der Waals surface area contributed by atoms with Crippen molar-refractivity contribution in [2.24, 2.45) is 17.6 Å². The molecule has 2 heterocycles. The highest BCUT2D eigenvalue weighted by Gasteiger charge is 2.52. The Balaban J connectivity index is 1.47. The molecule has 5 heteroatoms. The molecular formula is C23H36N4O. The molecule has 1 aromatic carbocycles. The molecule has 2 aliphatic heterocycles. The van der Waals surface area contributed by atoms with E-state index in [2.05, 4.69) is 27.2 Å². The van der Waals surface area contributed by atoms with Crippen molar-refractivity contribution in [2.45, 2.75) is 57.0 Å². The van der Waals surface area contributed by atoms with E-state index in [1.165, 1.54) is 51.5 Å². The molecule has 28 heavy (non-hydrogen) atoms. The molecule has 0 radical (unpaired) electrons. The molecule has 1 amide bonds. The van der Waals surface area contributed by atoms with Crippen LogP contribution in [0.15, 0.2) is 30.3 Å². The maximum atomic E-state index is 12.4. The van der Waals surface area contributed by atoms with Crippen molar-refractivity contribution in [3.8, 4) is 0 Å². The third-order valence-corrected chi connectivity index (χ3v) is 7.20. The zero-order valence-electron chi connectivity index (χ0n) is 17.1. The third kappa shape index (κ3) is 4.06. The van der Waals surface area contributed by atoms with E-state index in [0.717, 1.165) is 31.1 Å². The predicted octanol–water partition coefficient (Wildman–Crippen LogP) is 2.96. The number of para-hydroxylation sites is 1. The fraction of sp³-hybridized carbons (Fsp3) is 0.696. The Morgan fingerprint density at radius 1 is 1.07 bits per heavy atom. The molecule has 3 N–H and O–H groups in total. The largest absolute Gasteiger partial charge is 0.339 e. The van der Waals surface area contributed by atoms with Crippen LogP contribution in [0.2, 0.25) is 0 Å². The second-order valence-corrected chi connectivity index (χ2v) is 9.05. The summed E-state index contributed by atoms with van der Waals surface area (Å²) in [4.78, 5) is 17.3. The van der Waals surface area contributed by atoms with Gasteiger partial charge in [0.05, 0.1) is 6.54 Å². The van der Waals surface area contributed by atoms with Gasteiger partial charge < -0.3 is 20.9 Å². The molecule has 0 bridgehead atoms. The predicted molar refractivity (Wildman–Crippen MR) is 114 cm³/mol. The zero-order chi connectivity index (χ0) is 19.4. The molecule has 154 valence electrons. The first-order chi connectivity index (χ1) is 13.7. The molecule has 3 fully saturated rings. The minimum Gasteiger partial charge on any atom is -0.339 e. The summed E-state index contributed by atoms with van der Waals surface area (Å²) in [6.07, 6.45) is 10.7. The number of amides is 1. The summed E-state index contributed by atoms with van der Waals surface area (Å²) < 4.78 is 0. The number of hydrogen-bond acceptors (Lipinski definition) is 4. The van der Waals surface area contributed by atoms with Gasteiger partial charge in [0.15, 0.2) is 0 Å². The molecule has 3 aliphatic rings. The molecule has 2 saturated heterocycles. The number of rotatable bonds is 4. The molecule has 2 unspecified atom stereocenters. The van der Waals surface area contributed by atoms with E-state index in [1.54, 1.807) is 0 Å². The van der Waals surface area contributed by atoms with Crippen molar-refractivity contribution in [2.75, 3.05) is 37.6 Å². The van der Waals surface area contributed by atoms with E-state index in [0.29, 0.717) is 13.1 Å². The number of anilines is 1. The maximum absolute atomic E-state index is 12.4. The summed E-state index contributed by atoms with van der Waals surface area (Å²) in [5.41, 5.74) is 7.07. The Kier molecular flexibility index (Phi) is 6.22. The number of likely N-dealkylation sites (tertiary alicyclic amines) is 1. The average molecular weight is 385 g/mol. The number of carbonyl (C=O) groups excluding carboxylic acids is 1. The number of nitrogens with two attached hydrogens (primary N) is 1. The van der Waals surface area contributed by atoms with Crippen molar-refractivity contribution in [3.63, 3.8) is 0 Å². The lowest BCUT2D eigenvalue weighted by Gasteiger charge is -2.50. The average Bonchev–Trinajstić information content (AvgIpc) is 3.02. The number of benzene rings is 1. The zero-order valence-corrected chi connectivity index (χ0v) is 17.1. The van der Waals surface area contributed by atoms with Gasteiger partial charge >= 0.3 is 0 Å². The van der Waals surface area contributed by atoms with Gasteiger partial charge in [-0.1, -0.05) is 50.3 Å². The minimum atomic E-state index is -0.329. The summed E-state index contributed by atoms with van der Waals surface area (Å²) in [5, 5.41) is 3.34. The van der Waals surface area contributed by atoms with Gasteiger partial charge in [-0.05, 0) is 30.9 Å². The molecule has 5 nitrogen and oxygen atoms in total. The Morgan fingerprint density at radius 2 is 1.79 bits per heavy atom. The van der Waals surface area contributed by atoms with Crippen molar-refractivity contribution in [1.82, 2.24) is 10.2 Å². The summed E-state index contributed by atoms with van der Waals surface area (Å²) in [6.45, 7) is 4.26. The monoisotopic (exact) mass is 384 g/mol. The van der Waals surface area contributed by atoms with Crippen molar-refractivity contribution in [3.05, 3.63) is 30.3 Å². The lowest BCUT2D eigenvalue weighted by molar-refractivity contribution is -0.119. The number of nitrogens with zero attached hydrogens (tertiary/aromatic N) is 2. The maximum Gasteiger partial charge on any atom is 0.241 e. The normalized spacial score (nSPS) is 30.2. The Bertz CT molecular complexity index is 643. The lowest BCUT2D eigenvalue weighted by atomic mass is 9.83. The second-order valence-electron chi connectivity index (χ2n) is 9.05. The van der Waals surface area contributed by atoms with Crippen LogP contribution in [0.4, 0.5) is 5.69 Å². The molecular weight excluding hydrogens is 348 g/mol. The first-order valence-electron chi connectivity index (χ1n) is 11.3. The summed E-state index contributed by atoms with van der Waals surface area (Å²) in [5.74, 6) is 1.20. The number of piperidine rings is 1. The molecule has 1 saturated carbocycles. The molecule has 1 spiro atoms. The van der Waals surface area contributed by atoms with Crippen LogP contribution in [0, 0.1) is 11.8 Å². The van der Waals surface area contributed by atoms with E-state index in [-0.39, 0.29) is 17.5 Å². The standard InChI is InChI=1S/C23H36N4O/c24-15-20-17-26(16-19-9-5-2-1-3-6-10-19)14-13-23(20)25-22(28)18-27(23)21-11-7-4-8-12-21/h4,7-8,11-12,19-20H,1-3,5-6,9-10,13-18,24H2,(H,25,28). The first-order valence-corrected chi connectivity index (χ1v) is 11.3. The van der Waals surface area contributed by atoms with Gasteiger partial charge in [-0.2, -0.15) is 0 Å². The SMILES string of the molecule is NCC1CN(CC2CCCCCCC2)CCC12NC(=O)CN2c1ccccc1. The Morgan fingerprint density at radius 3 is 2.50 bits per heavy atom. The molecule has 1 aliphatic carbocycles. The minimum absolute atomic E-state index is 0.121. The van der Waals surface area contributed by atoms with Crippen molar-refractivity contribution >= 4 is 11.6 Å². The number of hydrogen-bond donors (Lipinski definition) is 2. The van der Waals surface area contributed by atoms with E-state index in [9.17, 15) is 4.79 Å². The molecule has 4 rings (SSSR count). The highest BCUT2D eigenvalue weighted by molar-refractivity contribution is 5.87. The van der Waals surface area contributed by atoms with Gasteiger partial charge in [-0.15, -0.1) is 0 Å². The van der Waals surface area contributed by atoms with Gasteiger partial charge in [-0.25, -0.2) is 0 Å². The summed E-state index contributed by atoms with van der Waals surface area (Å²) in [6, 6.07) is 10.3. The highest BCUT2D eigenvalue weighted by Crippen LogP contribution is 2.38. The lowest BCUT2D eigenvalue weighted by Crippen LogP contribution is -2.66. The summed E-state index contributed by atoms with van der Waals surface area (Å²) in [7, 11) is 0. The first kappa shape index (κ1) is 19.7. The number of nitrogens with one attached hydrogen (secondary N) is 1. The van der Waals surface area contributed by atoms with Crippen LogP contribution in [-0.4, -0.2) is 49.2 Å². The van der Waals surface area contributed by atoms with E-state index >= 15 is 0 Å². The van der Waals surface area contributed by atoms with Crippen LogP contribution in [0.1, 0.15) is 51.4 Å². The van der Waals surface area contributed by atoms with Gasteiger partial charge in [0.2, 0.25) is 5.91 Å². The van der Waals surface area contributed by atoms with Crippen LogP contribution in [-0.2, 0) is 4.79 Å². The van der Waals surface area contributed by atoms with Crippen molar-refractivity contribution in [1.29, 1.82) is 0 Å². The Hall–Kier alpha value is -1.59. The van der Waals surface area contributed by atoms with Crippen LogP contribution in [0.5, 0.6) is 0 Å². The topological polar surface area (TPSA) is 61.6 Å². The fourth-order valence-electron chi connectivity index (χ4n) is 5.69. The highest BCUT2D eigenvalue weighted by atomic mass is 16.2. The fourth-order valence-corrected chi connectivity index (χ4v) is 5.69. The number of carbonyl (C=O) groups is 1. The van der Waals surface area contributed by atoms with Gasteiger partial charge in [0.1, 0.15) is 5.66 Å². The second kappa shape index (κ2) is 8.83. The van der Waals surface area contributed by atoms with Crippen LogP contribution < -0.4 is 16.0 Å². The molecule has 1 aromatic rings. The quantitative estimate of drug-likeness (QED) is 0.838. The van der Waals surface area contributed by atoms with Crippen LogP contribution >= 0.6 is 0 Å². The van der Waals surface area contributed by atoms with E-state index < -0.39 is 0 Å². The van der Waals surface area contributed by atoms with Crippen LogP contribution in [0.3, 0.4) is 0 Å². The van der Waals surface area contributed by atoms with E-state index in [1.807, 2.05) is 18.2 Å².